The summed E-state index contributed by atoms with van der Waals surface area (Å²) in [5.41, 5.74) is -0.905. The molecule has 0 atom stereocenters. The zero-order valence-corrected chi connectivity index (χ0v) is 15.8. The average molecular weight is 337 g/mol. The summed E-state index contributed by atoms with van der Waals surface area (Å²) in [5, 5.41) is 0. The first-order valence-electron chi connectivity index (χ1n) is 9.92. The van der Waals surface area contributed by atoms with Gasteiger partial charge in [-0.05, 0) is 25.7 Å². The first-order chi connectivity index (χ1) is 11.7. The third-order valence-electron chi connectivity index (χ3n) is 4.62. The molecule has 0 bridgehead atoms. The van der Waals surface area contributed by atoms with Crippen LogP contribution in [0.15, 0.2) is 9.98 Å². The van der Waals surface area contributed by atoms with Gasteiger partial charge in [-0.2, -0.15) is 9.98 Å². The second-order valence-corrected chi connectivity index (χ2v) is 6.78. The normalized spacial score (nSPS) is 12.9. The summed E-state index contributed by atoms with van der Waals surface area (Å²) >= 11 is 0. The maximum atomic E-state index is 10.8. The number of carbonyl (C=O) groups excluding carboxylic acids is 2. The molecule has 0 fully saturated rings. The third kappa shape index (κ3) is 12.2. The third-order valence-corrected chi connectivity index (χ3v) is 4.62. The van der Waals surface area contributed by atoms with Crippen LogP contribution in [0.25, 0.3) is 0 Å². The number of hydrogen-bond donors (Lipinski definition) is 0. The molecule has 0 aromatic carbocycles. The van der Waals surface area contributed by atoms with Gasteiger partial charge in [0, 0.05) is 0 Å². The predicted octanol–water partition coefficient (Wildman–Crippen LogP) is 6.25. The molecule has 0 spiro atoms. The van der Waals surface area contributed by atoms with Gasteiger partial charge < -0.3 is 0 Å². The van der Waals surface area contributed by atoms with E-state index >= 15 is 0 Å². The molecule has 0 unspecified atom stereocenters. The molecule has 4 heteroatoms. The van der Waals surface area contributed by atoms with Gasteiger partial charge in [-0.3, -0.25) is 0 Å². The lowest BCUT2D eigenvalue weighted by molar-refractivity contribution is 0.347. The van der Waals surface area contributed by atoms with Crippen molar-refractivity contribution in [3.63, 3.8) is 0 Å². The Labute approximate surface area is 148 Å². The van der Waals surface area contributed by atoms with Crippen LogP contribution in [0, 0.1) is 0 Å². The van der Waals surface area contributed by atoms with E-state index in [1.165, 1.54) is 57.8 Å². The van der Waals surface area contributed by atoms with Gasteiger partial charge in [0.05, 0.1) is 0 Å². The Hall–Kier alpha value is -1.24. The van der Waals surface area contributed by atoms with E-state index in [1.54, 1.807) is 12.2 Å². The van der Waals surface area contributed by atoms with Crippen molar-refractivity contribution in [3.8, 4) is 0 Å². The molecule has 4 nitrogen and oxygen atoms in total. The highest BCUT2D eigenvalue weighted by Gasteiger charge is 2.28. The zero-order valence-electron chi connectivity index (χ0n) is 15.8. The number of unbranched alkanes of at least 4 members (excludes halogenated alkanes) is 11. The summed E-state index contributed by atoms with van der Waals surface area (Å²) in [6.45, 7) is 4.41. The highest BCUT2D eigenvalue weighted by molar-refractivity contribution is 5.39. The highest BCUT2D eigenvalue weighted by Crippen LogP contribution is 2.28. The van der Waals surface area contributed by atoms with Crippen LogP contribution in [0.1, 0.15) is 110 Å². The molecule has 0 aliphatic carbocycles. The predicted molar refractivity (Wildman–Crippen MR) is 99.6 cm³/mol. The summed E-state index contributed by atoms with van der Waals surface area (Å²) in [7, 11) is 0. The number of rotatable bonds is 17. The van der Waals surface area contributed by atoms with E-state index in [2.05, 4.69) is 23.8 Å². The van der Waals surface area contributed by atoms with E-state index in [0.29, 0.717) is 12.8 Å². The van der Waals surface area contributed by atoms with E-state index in [-0.39, 0.29) is 0 Å². The molecule has 0 saturated heterocycles. The minimum Gasteiger partial charge on any atom is -0.211 e. The van der Waals surface area contributed by atoms with Gasteiger partial charge in [-0.25, -0.2) is 9.59 Å². The minimum absolute atomic E-state index is 0.652. The van der Waals surface area contributed by atoms with Crippen LogP contribution in [0.5, 0.6) is 0 Å². The van der Waals surface area contributed by atoms with Crippen molar-refractivity contribution in [2.24, 2.45) is 9.98 Å². The summed E-state index contributed by atoms with van der Waals surface area (Å²) in [4.78, 5) is 29.4. The Balaban J connectivity index is 4.24. The molecule has 0 saturated carbocycles. The van der Waals surface area contributed by atoms with Gasteiger partial charge in [0.1, 0.15) is 0 Å². The molecule has 0 aliphatic heterocycles. The fourth-order valence-electron chi connectivity index (χ4n) is 3.10. The summed E-state index contributed by atoms with van der Waals surface area (Å²) in [6.07, 6.45) is 19.9. The van der Waals surface area contributed by atoms with Gasteiger partial charge in [-0.1, -0.05) is 84.5 Å². The van der Waals surface area contributed by atoms with Gasteiger partial charge in [0.15, 0.2) is 5.66 Å². The van der Waals surface area contributed by atoms with E-state index in [1.807, 2.05) is 0 Å². The number of isocyanates is 2. The van der Waals surface area contributed by atoms with Crippen molar-refractivity contribution < 1.29 is 9.59 Å². The molecule has 0 aromatic heterocycles. The molecule has 0 N–H and O–H groups in total. The number of aliphatic imine (C=N–C) groups is 2. The quantitative estimate of drug-likeness (QED) is 0.179. The summed E-state index contributed by atoms with van der Waals surface area (Å²) in [5.74, 6) is 0. The topological polar surface area (TPSA) is 58.9 Å². The van der Waals surface area contributed by atoms with Crippen molar-refractivity contribution in [3.05, 3.63) is 0 Å². The first-order valence-corrected chi connectivity index (χ1v) is 9.92. The maximum absolute atomic E-state index is 10.8. The molecule has 24 heavy (non-hydrogen) atoms. The van der Waals surface area contributed by atoms with Gasteiger partial charge >= 0.3 is 0 Å². The van der Waals surface area contributed by atoms with E-state index in [4.69, 9.17) is 0 Å². The second kappa shape index (κ2) is 16.6. The van der Waals surface area contributed by atoms with Crippen molar-refractivity contribution in [1.29, 1.82) is 0 Å². The maximum Gasteiger partial charge on any atom is 0.237 e. The SMILES string of the molecule is CCCCCCCCCC(CCCCCCCC)(N=C=O)N=C=O. The van der Waals surface area contributed by atoms with Crippen molar-refractivity contribution >= 4 is 12.2 Å². The number of hydrogen-bond acceptors (Lipinski definition) is 4. The van der Waals surface area contributed by atoms with Gasteiger partial charge in [0.25, 0.3) is 0 Å². The molecule has 0 amide bonds. The Morgan fingerprint density at radius 3 is 1.25 bits per heavy atom. The molecule has 0 heterocycles. The van der Waals surface area contributed by atoms with Crippen LogP contribution in [-0.4, -0.2) is 17.8 Å². The first kappa shape index (κ1) is 22.8. The van der Waals surface area contributed by atoms with E-state index < -0.39 is 5.66 Å². The Kier molecular flexibility index (Phi) is 15.8. The highest BCUT2D eigenvalue weighted by atomic mass is 16.1. The molecular weight excluding hydrogens is 300 g/mol. The van der Waals surface area contributed by atoms with Crippen LogP contribution in [0.3, 0.4) is 0 Å². The summed E-state index contributed by atoms with van der Waals surface area (Å²) < 4.78 is 0. The number of nitrogens with zero attached hydrogens (tertiary/aromatic N) is 2. The molecule has 0 rings (SSSR count). The van der Waals surface area contributed by atoms with E-state index in [0.717, 1.165) is 25.7 Å². The van der Waals surface area contributed by atoms with Crippen LogP contribution >= 0.6 is 0 Å². The van der Waals surface area contributed by atoms with E-state index in [9.17, 15) is 9.59 Å². The largest absolute Gasteiger partial charge is 0.237 e. The van der Waals surface area contributed by atoms with Crippen molar-refractivity contribution in [2.75, 3.05) is 0 Å². The molecule has 0 aromatic rings. The fourth-order valence-corrected chi connectivity index (χ4v) is 3.10. The van der Waals surface area contributed by atoms with Gasteiger partial charge in [0.2, 0.25) is 12.2 Å². The smallest absolute Gasteiger partial charge is 0.211 e. The average Bonchev–Trinajstić information content (AvgIpc) is 2.58. The lowest BCUT2D eigenvalue weighted by atomic mass is 9.95. The molecule has 0 radical (unpaired) electrons. The zero-order chi connectivity index (χ0) is 17.9. The van der Waals surface area contributed by atoms with Crippen molar-refractivity contribution in [2.45, 2.75) is 116 Å². The molecular formula is C20H36N2O2. The Bertz CT molecular complexity index is 365. The Morgan fingerprint density at radius 1 is 0.583 bits per heavy atom. The van der Waals surface area contributed by atoms with Gasteiger partial charge in [-0.15, -0.1) is 0 Å². The standard InChI is InChI=1S/C20H36N2O2/c1-3-5-7-9-11-13-15-17-20(21-18-23,22-19-24)16-14-12-10-8-6-4-2/h3-17H2,1-2H3. The Morgan fingerprint density at radius 2 is 0.917 bits per heavy atom. The van der Waals surface area contributed by atoms with Crippen LogP contribution in [0.2, 0.25) is 0 Å². The molecule has 0 aliphatic rings. The fraction of sp³-hybridized carbons (Fsp3) is 0.900. The monoisotopic (exact) mass is 336 g/mol. The van der Waals surface area contributed by atoms with Crippen LogP contribution in [0.4, 0.5) is 0 Å². The lowest BCUT2D eigenvalue weighted by Crippen LogP contribution is -2.23. The van der Waals surface area contributed by atoms with Crippen molar-refractivity contribution in [1.82, 2.24) is 0 Å². The lowest BCUT2D eigenvalue weighted by Gasteiger charge is -2.22. The van der Waals surface area contributed by atoms with Crippen LogP contribution < -0.4 is 0 Å². The van der Waals surface area contributed by atoms with Crippen LogP contribution in [-0.2, 0) is 9.59 Å². The molecule has 138 valence electrons. The second-order valence-electron chi connectivity index (χ2n) is 6.78. The summed E-state index contributed by atoms with van der Waals surface area (Å²) in [6, 6.07) is 0. The minimum atomic E-state index is -0.905.